The number of carbonyl (C=O) groups is 3. The van der Waals surface area contributed by atoms with Crippen molar-refractivity contribution in [3.63, 3.8) is 0 Å². The molecule has 7 heteroatoms. The van der Waals surface area contributed by atoms with Gasteiger partial charge in [-0.25, -0.2) is 0 Å². The summed E-state index contributed by atoms with van der Waals surface area (Å²) in [5.41, 5.74) is -0.138. The van der Waals surface area contributed by atoms with Gasteiger partial charge in [-0.1, -0.05) is 12.1 Å². The van der Waals surface area contributed by atoms with Gasteiger partial charge in [0.25, 0.3) is 5.91 Å². The van der Waals surface area contributed by atoms with Crippen molar-refractivity contribution in [2.75, 3.05) is 19.7 Å². The summed E-state index contributed by atoms with van der Waals surface area (Å²) in [6, 6.07) is 7.35. The van der Waals surface area contributed by atoms with Crippen molar-refractivity contribution in [3.8, 4) is 5.75 Å². The zero-order valence-electron chi connectivity index (χ0n) is 18.0. The monoisotopic (exact) mass is 426 g/mol. The third kappa shape index (κ3) is 3.48. The Labute approximate surface area is 182 Å². The number of hydrogen-bond donors (Lipinski definition) is 1. The summed E-state index contributed by atoms with van der Waals surface area (Å²) >= 11 is 0. The number of hydrogen-bond acceptors (Lipinski definition) is 5. The number of amides is 2. The molecule has 0 aromatic heterocycles. The number of ether oxygens (including phenoxy) is 2. The number of likely N-dealkylation sites (tertiary alicyclic amines) is 1. The molecule has 166 valence electrons. The second-order valence-corrected chi connectivity index (χ2v) is 9.40. The third-order valence-electron chi connectivity index (χ3n) is 7.64. The zero-order chi connectivity index (χ0) is 21.6. The summed E-state index contributed by atoms with van der Waals surface area (Å²) in [5, 5.41) is 3.15. The van der Waals surface area contributed by atoms with Crippen LogP contribution in [0.4, 0.5) is 0 Å². The second-order valence-electron chi connectivity index (χ2n) is 9.40. The Balaban J connectivity index is 1.30. The van der Waals surface area contributed by atoms with Crippen LogP contribution in [0.1, 0.15) is 55.8 Å². The summed E-state index contributed by atoms with van der Waals surface area (Å²) in [7, 11) is 0. The second kappa shape index (κ2) is 7.84. The number of piperidine rings is 1. The molecule has 31 heavy (non-hydrogen) atoms. The van der Waals surface area contributed by atoms with Crippen molar-refractivity contribution in [3.05, 3.63) is 29.8 Å². The molecule has 2 aliphatic heterocycles. The number of rotatable bonds is 3. The minimum atomic E-state index is -0.708. The molecule has 6 rings (SSSR count). The number of fused-ring (bicyclic) bond motifs is 3. The molecule has 0 unspecified atom stereocenters. The Hall–Kier alpha value is -2.57. The molecule has 3 aliphatic carbocycles. The molecule has 5 aliphatic rings. The van der Waals surface area contributed by atoms with Crippen LogP contribution in [-0.2, 0) is 14.3 Å². The Kier molecular flexibility index (Phi) is 5.15. The predicted molar refractivity (Wildman–Crippen MR) is 112 cm³/mol. The first-order chi connectivity index (χ1) is 15.0. The number of esters is 1. The standard InChI is InChI=1S/C24H30N2O5/c1-2-30-23(29)16-6-5-11-26(14-16)22(28)19-12-17-10-9-15(19)13-24(17)25-21(27)18-7-3-4-8-20(18)31-24/h3-4,7-8,15-17,19H,2,5-6,9-14H2,1H3,(H,25,27)/t15-,16+,17+,19-,24+/m1/s1. The molecule has 5 atom stereocenters. The van der Waals surface area contributed by atoms with Gasteiger partial charge in [0.05, 0.1) is 18.1 Å². The highest BCUT2D eigenvalue weighted by Crippen LogP contribution is 2.53. The Morgan fingerprint density at radius 1 is 1.26 bits per heavy atom. The van der Waals surface area contributed by atoms with Gasteiger partial charge in [0.15, 0.2) is 5.72 Å². The highest BCUT2D eigenvalue weighted by molar-refractivity contribution is 5.98. The van der Waals surface area contributed by atoms with Crippen molar-refractivity contribution in [1.82, 2.24) is 10.2 Å². The van der Waals surface area contributed by atoms with Crippen LogP contribution in [0, 0.1) is 23.7 Å². The number of para-hydroxylation sites is 1. The summed E-state index contributed by atoms with van der Waals surface area (Å²) in [4.78, 5) is 40.3. The highest BCUT2D eigenvalue weighted by Gasteiger charge is 2.57. The zero-order valence-corrected chi connectivity index (χ0v) is 18.0. The molecule has 2 heterocycles. The van der Waals surface area contributed by atoms with Gasteiger partial charge in [0.2, 0.25) is 5.91 Å². The average Bonchev–Trinajstić information content (AvgIpc) is 2.79. The number of carbonyl (C=O) groups excluding carboxylic acids is 3. The summed E-state index contributed by atoms with van der Waals surface area (Å²) in [6.45, 7) is 3.33. The minimum absolute atomic E-state index is 0.0667. The molecule has 2 bridgehead atoms. The fourth-order valence-corrected chi connectivity index (χ4v) is 6.13. The van der Waals surface area contributed by atoms with E-state index in [0.29, 0.717) is 43.9 Å². The average molecular weight is 427 g/mol. The van der Waals surface area contributed by atoms with Gasteiger partial charge in [-0.3, -0.25) is 14.4 Å². The number of nitrogens with one attached hydrogen (secondary N) is 1. The number of nitrogens with zero attached hydrogens (tertiary/aromatic N) is 1. The van der Waals surface area contributed by atoms with Crippen LogP contribution in [-0.4, -0.2) is 48.1 Å². The van der Waals surface area contributed by atoms with E-state index in [9.17, 15) is 14.4 Å². The summed E-state index contributed by atoms with van der Waals surface area (Å²) < 4.78 is 11.6. The van der Waals surface area contributed by atoms with Crippen LogP contribution in [0.5, 0.6) is 5.75 Å². The van der Waals surface area contributed by atoms with E-state index in [2.05, 4.69) is 5.32 Å². The van der Waals surface area contributed by atoms with Crippen LogP contribution < -0.4 is 10.1 Å². The van der Waals surface area contributed by atoms with Gasteiger partial charge in [0.1, 0.15) is 5.75 Å². The molecule has 1 aromatic rings. The van der Waals surface area contributed by atoms with E-state index in [1.54, 1.807) is 6.07 Å². The van der Waals surface area contributed by atoms with Crippen molar-refractivity contribution in [2.45, 2.75) is 51.2 Å². The molecule has 1 N–H and O–H groups in total. The van der Waals surface area contributed by atoms with Gasteiger partial charge in [0, 0.05) is 31.3 Å². The largest absolute Gasteiger partial charge is 0.467 e. The van der Waals surface area contributed by atoms with Crippen LogP contribution in [0.3, 0.4) is 0 Å². The molecule has 3 saturated carbocycles. The van der Waals surface area contributed by atoms with Gasteiger partial charge in [-0.2, -0.15) is 0 Å². The van der Waals surface area contributed by atoms with Crippen molar-refractivity contribution in [1.29, 1.82) is 0 Å². The molecule has 1 aromatic carbocycles. The van der Waals surface area contributed by atoms with E-state index in [1.807, 2.05) is 30.0 Å². The quantitative estimate of drug-likeness (QED) is 0.752. The highest BCUT2D eigenvalue weighted by atomic mass is 16.5. The van der Waals surface area contributed by atoms with Crippen LogP contribution in [0.15, 0.2) is 24.3 Å². The van der Waals surface area contributed by atoms with E-state index in [1.165, 1.54) is 0 Å². The maximum absolute atomic E-state index is 13.4. The fourth-order valence-electron chi connectivity index (χ4n) is 6.13. The maximum atomic E-state index is 13.4. The van der Waals surface area contributed by atoms with Gasteiger partial charge in [-0.15, -0.1) is 0 Å². The molecule has 1 spiro atoms. The molecular formula is C24H30N2O5. The first kappa shape index (κ1) is 20.3. The van der Waals surface area contributed by atoms with Gasteiger partial charge >= 0.3 is 5.97 Å². The van der Waals surface area contributed by atoms with E-state index >= 15 is 0 Å². The van der Waals surface area contributed by atoms with E-state index in [4.69, 9.17) is 9.47 Å². The lowest BCUT2D eigenvalue weighted by Crippen LogP contribution is -2.67. The van der Waals surface area contributed by atoms with E-state index < -0.39 is 5.72 Å². The predicted octanol–water partition coefficient (Wildman–Crippen LogP) is 2.74. The molecule has 0 radical (unpaired) electrons. The van der Waals surface area contributed by atoms with E-state index in [0.717, 1.165) is 25.7 Å². The lowest BCUT2D eigenvalue weighted by atomic mass is 9.59. The van der Waals surface area contributed by atoms with Crippen molar-refractivity contribution < 1.29 is 23.9 Å². The van der Waals surface area contributed by atoms with Crippen LogP contribution in [0.2, 0.25) is 0 Å². The smallest absolute Gasteiger partial charge is 0.310 e. The normalized spacial score (nSPS) is 34.0. The SMILES string of the molecule is CCOC(=O)[C@H]1CCCN(C(=O)[C@@H]2C[C@@H]3CC[C@@H]2C[C@@]32NC(=O)c3ccccc3O2)C1. The lowest BCUT2D eigenvalue weighted by Gasteiger charge is -2.55. The van der Waals surface area contributed by atoms with Crippen LogP contribution >= 0.6 is 0 Å². The van der Waals surface area contributed by atoms with Gasteiger partial charge in [-0.05, 0) is 57.1 Å². The Morgan fingerprint density at radius 3 is 2.87 bits per heavy atom. The van der Waals surface area contributed by atoms with Crippen molar-refractivity contribution >= 4 is 17.8 Å². The molecule has 1 saturated heterocycles. The fraction of sp³-hybridized carbons (Fsp3) is 0.625. The molecule has 7 nitrogen and oxygen atoms in total. The van der Waals surface area contributed by atoms with Gasteiger partial charge < -0.3 is 19.7 Å². The topological polar surface area (TPSA) is 84.9 Å². The number of benzene rings is 1. The summed E-state index contributed by atoms with van der Waals surface area (Å²) in [6.07, 6.45) is 4.90. The first-order valence-electron chi connectivity index (χ1n) is 11.6. The van der Waals surface area contributed by atoms with Crippen LogP contribution in [0.25, 0.3) is 0 Å². The molecule has 4 fully saturated rings. The maximum Gasteiger partial charge on any atom is 0.310 e. The van der Waals surface area contributed by atoms with E-state index in [-0.39, 0.29) is 41.5 Å². The first-order valence-corrected chi connectivity index (χ1v) is 11.6. The Bertz CT molecular complexity index is 902. The van der Waals surface area contributed by atoms with Crippen molar-refractivity contribution in [2.24, 2.45) is 23.7 Å². The summed E-state index contributed by atoms with van der Waals surface area (Å²) in [5.74, 6) is 0.494. The molecular weight excluding hydrogens is 396 g/mol. The molecule has 2 amide bonds. The minimum Gasteiger partial charge on any atom is -0.467 e. The third-order valence-corrected chi connectivity index (χ3v) is 7.64. The lowest BCUT2D eigenvalue weighted by molar-refractivity contribution is -0.159. The Morgan fingerprint density at radius 2 is 2.10 bits per heavy atom.